The standard InChI is InChI=1S/C37H73NO4/c1-3-5-7-9-11-13-15-17-18-20-22-24-26-29-35(40)42-34-28-31-37(32-33-39,36(38)41)30-27-25-23-21-19-16-14-12-10-8-6-4-2/h39H,3-34H2,1-2H3,(H2,38,41). The number of esters is 1. The Labute approximate surface area is 261 Å². The minimum atomic E-state index is -0.686. The van der Waals surface area contributed by atoms with Crippen molar-refractivity contribution in [3.63, 3.8) is 0 Å². The molecule has 1 atom stereocenters. The number of carbonyl (C=O) groups excluding carboxylic acids is 2. The van der Waals surface area contributed by atoms with Crippen LogP contribution >= 0.6 is 0 Å². The summed E-state index contributed by atoms with van der Waals surface area (Å²) < 4.78 is 5.47. The predicted molar refractivity (Wildman–Crippen MR) is 180 cm³/mol. The molecule has 0 fully saturated rings. The highest BCUT2D eigenvalue weighted by Crippen LogP contribution is 2.34. The number of aliphatic hydroxyl groups is 1. The maximum absolute atomic E-state index is 12.4. The van der Waals surface area contributed by atoms with Crippen molar-refractivity contribution >= 4 is 11.9 Å². The molecule has 1 amide bonds. The van der Waals surface area contributed by atoms with Crippen LogP contribution in [0, 0.1) is 5.41 Å². The number of aliphatic hydroxyl groups excluding tert-OH is 1. The first-order chi connectivity index (χ1) is 20.5. The SMILES string of the molecule is CCCCCCCCCCCCCCCC(=O)OCCCC(CCO)(CCCCCCCCCCCCCC)C(N)=O. The Balaban J connectivity index is 3.88. The minimum Gasteiger partial charge on any atom is -0.466 e. The van der Waals surface area contributed by atoms with Gasteiger partial charge in [0, 0.05) is 13.0 Å². The maximum Gasteiger partial charge on any atom is 0.305 e. The monoisotopic (exact) mass is 596 g/mol. The number of unbranched alkanes of at least 4 members (excludes halogenated alkanes) is 23. The van der Waals surface area contributed by atoms with E-state index >= 15 is 0 Å². The van der Waals surface area contributed by atoms with Gasteiger partial charge in [-0.15, -0.1) is 0 Å². The summed E-state index contributed by atoms with van der Waals surface area (Å²) in [6.07, 6.45) is 34.9. The maximum atomic E-state index is 12.4. The average molecular weight is 596 g/mol. The molecule has 0 heterocycles. The van der Waals surface area contributed by atoms with E-state index in [-0.39, 0.29) is 18.5 Å². The van der Waals surface area contributed by atoms with Crippen molar-refractivity contribution in [2.75, 3.05) is 13.2 Å². The van der Waals surface area contributed by atoms with Crippen LogP contribution < -0.4 is 5.73 Å². The lowest BCUT2D eigenvalue weighted by molar-refractivity contribution is -0.144. The second kappa shape index (κ2) is 31.3. The van der Waals surface area contributed by atoms with Crippen molar-refractivity contribution in [2.45, 2.75) is 206 Å². The van der Waals surface area contributed by atoms with Gasteiger partial charge in [0.25, 0.3) is 0 Å². The Bertz CT molecular complexity index is 596. The molecule has 42 heavy (non-hydrogen) atoms. The normalized spacial score (nSPS) is 12.8. The number of nitrogens with two attached hydrogens (primary N) is 1. The van der Waals surface area contributed by atoms with Crippen LogP contribution in [0.5, 0.6) is 0 Å². The Morgan fingerprint density at radius 1 is 0.524 bits per heavy atom. The van der Waals surface area contributed by atoms with E-state index in [1.54, 1.807) is 0 Å². The molecule has 250 valence electrons. The highest BCUT2D eigenvalue weighted by atomic mass is 16.5. The molecule has 5 heteroatoms. The molecule has 0 aromatic heterocycles. The van der Waals surface area contributed by atoms with Crippen LogP contribution in [0.4, 0.5) is 0 Å². The lowest BCUT2D eigenvalue weighted by Crippen LogP contribution is -2.38. The van der Waals surface area contributed by atoms with Crippen LogP contribution in [0.2, 0.25) is 0 Å². The molecular weight excluding hydrogens is 522 g/mol. The summed E-state index contributed by atoms with van der Waals surface area (Å²) in [7, 11) is 0. The van der Waals surface area contributed by atoms with Crippen molar-refractivity contribution in [2.24, 2.45) is 11.1 Å². The van der Waals surface area contributed by atoms with E-state index in [0.29, 0.717) is 38.7 Å². The molecule has 0 spiro atoms. The lowest BCUT2D eigenvalue weighted by atomic mass is 9.75. The molecular formula is C37H73NO4. The van der Waals surface area contributed by atoms with Gasteiger partial charge in [0.1, 0.15) is 0 Å². The summed E-state index contributed by atoms with van der Waals surface area (Å²) >= 11 is 0. The van der Waals surface area contributed by atoms with Gasteiger partial charge in [-0.3, -0.25) is 9.59 Å². The first-order valence-electron chi connectivity index (χ1n) is 18.6. The minimum absolute atomic E-state index is 0.0416. The summed E-state index contributed by atoms with van der Waals surface area (Å²) in [4.78, 5) is 24.6. The van der Waals surface area contributed by atoms with E-state index < -0.39 is 5.41 Å². The van der Waals surface area contributed by atoms with Crippen molar-refractivity contribution in [1.29, 1.82) is 0 Å². The zero-order valence-corrected chi connectivity index (χ0v) is 28.4. The third kappa shape index (κ3) is 25.4. The zero-order valence-electron chi connectivity index (χ0n) is 28.4. The number of carbonyl (C=O) groups is 2. The fourth-order valence-corrected chi connectivity index (χ4v) is 6.22. The fraction of sp³-hybridized carbons (Fsp3) is 0.946. The van der Waals surface area contributed by atoms with Crippen molar-refractivity contribution in [3.8, 4) is 0 Å². The van der Waals surface area contributed by atoms with Crippen LogP contribution in [-0.4, -0.2) is 30.2 Å². The topological polar surface area (TPSA) is 89.6 Å². The van der Waals surface area contributed by atoms with E-state index in [0.717, 1.165) is 25.7 Å². The summed E-state index contributed by atoms with van der Waals surface area (Å²) in [5, 5.41) is 9.64. The van der Waals surface area contributed by atoms with Gasteiger partial charge in [-0.25, -0.2) is 0 Å². The first kappa shape index (κ1) is 40.9. The van der Waals surface area contributed by atoms with Gasteiger partial charge in [0.15, 0.2) is 0 Å². The van der Waals surface area contributed by atoms with Gasteiger partial charge in [-0.2, -0.15) is 0 Å². The van der Waals surface area contributed by atoms with Crippen LogP contribution in [-0.2, 0) is 14.3 Å². The Kier molecular flexibility index (Phi) is 30.5. The zero-order chi connectivity index (χ0) is 31.0. The second-order valence-electron chi connectivity index (χ2n) is 13.1. The Morgan fingerprint density at radius 3 is 1.26 bits per heavy atom. The summed E-state index contributed by atoms with van der Waals surface area (Å²) in [6.45, 7) is 4.81. The smallest absolute Gasteiger partial charge is 0.305 e. The first-order valence-corrected chi connectivity index (χ1v) is 18.6. The van der Waals surface area contributed by atoms with Crippen LogP contribution in [0.15, 0.2) is 0 Å². The molecule has 5 nitrogen and oxygen atoms in total. The highest BCUT2D eigenvalue weighted by molar-refractivity contribution is 5.80. The molecule has 0 saturated carbocycles. The van der Waals surface area contributed by atoms with Gasteiger partial charge in [-0.05, 0) is 32.1 Å². The predicted octanol–water partition coefficient (Wildman–Crippen LogP) is 10.7. The van der Waals surface area contributed by atoms with E-state index in [1.807, 2.05) is 0 Å². The number of rotatable bonds is 34. The largest absolute Gasteiger partial charge is 0.466 e. The molecule has 0 aromatic rings. The molecule has 0 saturated heterocycles. The molecule has 0 bridgehead atoms. The van der Waals surface area contributed by atoms with Crippen LogP contribution in [0.3, 0.4) is 0 Å². The molecule has 0 aliphatic heterocycles. The molecule has 0 rings (SSSR count). The summed E-state index contributed by atoms with van der Waals surface area (Å²) in [6, 6.07) is 0. The van der Waals surface area contributed by atoms with E-state index in [2.05, 4.69) is 13.8 Å². The average Bonchev–Trinajstić information content (AvgIpc) is 2.98. The Morgan fingerprint density at radius 2 is 0.881 bits per heavy atom. The van der Waals surface area contributed by atoms with Crippen molar-refractivity contribution in [3.05, 3.63) is 0 Å². The van der Waals surface area contributed by atoms with Crippen molar-refractivity contribution in [1.82, 2.24) is 0 Å². The molecule has 0 aliphatic rings. The molecule has 3 N–H and O–H groups in total. The second-order valence-corrected chi connectivity index (χ2v) is 13.1. The van der Waals surface area contributed by atoms with E-state index in [9.17, 15) is 14.7 Å². The third-order valence-corrected chi connectivity index (χ3v) is 9.17. The van der Waals surface area contributed by atoms with E-state index in [4.69, 9.17) is 10.5 Å². The molecule has 0 aromatic carbocycles. The van der Waals surface area contributed by atoms with Gasteiger partial charge >= 0.3 is 5.97 Å². The van der Waals surface area contributed by atoms with Gasteiger partial charge in [0.05, 0.1) is 12.0 Å². The third-order valence-electron chi connectivity index (χ3n) is 9.17. The van der Waals surface area contributed by atoms with Crippen molar-refractivity contribution < 1.29 is 19.4 Å². The number of primary amides is 1. The number of amides is 1. The Hall–Kier alpha value is -1.10. The molecule has 0 radical (unpaired) electrons. The van der Waals surface area contributed by atoms with E-state index in [1.165, 1.54) is 135 Å². The molecule has 1 unspecified atom stereocenters. The number of ether oxygens (including phenoxy) is 1. The van der Waals surface area contributed by atoms with Gasteiger partial charge in [0.2, 0.25) is 5.91 Å². The number of hydrogen-bond acceptors (Lipinski definition) is 4. The van der Waals surface area contributed by atoms with Gasteiger partial charge < -0.3 is 15.6 Å². The highest BCUT2D eigenvalue weighted by Gasteiger charge is 2.35. The van der Waals surface area contributed by atoms with Gasteiger partial charge in [-0.1, -0.05) is 168 Å². The fourth-order valence-electron chi connectivity index (χ4n) is 6.22. The summed E-state index contributed by atoms with van der Waals surface area (Å²) in [5.74, 6) is -0.455. The van der Waals surface area contributed by atoms with Crippen LogP contribution in [0.25, 0.3) is 0 Å². The summed E-state index contributed by atoms with van der Waals surface area (Å²) in [5.41, 5.74) is 5.16. The van der Waals surface area contributed by atoms with Crippen LogP contribution in [0.1, 0.15) is 206 Å². The quantitative estimate of drug-likeness (QED) is 0.0572. The molecule has 0 aliphatic carbocycles. The lowest BCUT2D eigenvalue weighted by Gasteiger charge is -2.30. The number of hydrogen-bond donors (Lipinski definition) is 2.